The zero-order valence-electron chi connectivity index (χ0n) is 16.3. The number of nitrogens with zero attached hydrogens (tertiary/aromatic N) is 1. The minimum Gasteiger partial charge on any atom is -0.480 e. The van der Waals surface area contributed by atoms with Gasteiger partial charge in [-0.3, -0.25) is 9.59 Å². The number of benzene rings is 4. The predicted molar refractivity (Wildman–Crippen MR) is 118 cm³/mol. The van der Waals surface area contributed by atoms with E-state index in [2.05, 4.69) is 30.3 Å². The molecule has 0 aliphatic carbocycles. The number of carboxylic acid groups (broad SMARTS) is 2. The average molecular weight is 399 g/mol. The Morgan fingerprint density at radius 1 is 0.700 bits per heavy atom. The number of hydrogen-bond donors (Lipinski definition) is 2. The molecule has 5 heteroatoms. The SMILES string of the molecule is O=C(O)CN(CC(=O)O)c1ccc(Cc2c3ccccc3cc3ccccc23)cc1. The molecular weight excluding hydrogens is 378 g/mol. The number of carboxylic acids is 2. The van der Waals surface area contributed by atoms with Gasteiger partial charge in [0.15, 0.2) is 0 Å². The summed E-state index contributed by atoms with van der Waals surface area (Å²) in [6.45, 7) is -0.723. The minimum atomic E-state index is -1.07. The molecule has 0 atom stereocenters. The summed E-state index contributed by atoms with van der Waals surface area (Å²) in [5, 5.41) is 22.9. The molecule has 0 heterocycles. The van der Waals surface area contributed by atoms with Crippen LogP contribution in [0.25, 0.3) is 21.5 Å². The van der Waals surface area contributed by atoms with Crippen molar-refractivity contribution in [3.63, 3.8) is 0 Å². The van der Waals surface area contributed by atoms with Gasteiger partial charge in [-0.15, -0.1) is 0 Å². The maximum absolute atomic E-state index is 11.1. The van der Waals surface area contributed by atoms with Crippen LogP contribution in [0, 0.1) is 0 Å². The Morgan fingerprint density at radius 2 is 1.20 bits per heavy atom. The van der Waals surface area contributed by atoms with Crippen LogP contribution in [0.4, 0.5) is 5.69 Å². The quantitative estimate of drug-likeness (QED) is 0.446. The van der Waals surface area contributed by atoms with Crippen molar-refractivity contribution >= 4 is 39.2 Å². The molecule has 0 unspecified atom stereocenters. The third-order valence-electron chi connectivity index (χ3n) is 5.22. The number of carbonyl (C=O) groups is 2. The number of anilines is 1. The molecule has 0 radical (unpaired) electrons. The zero-order valence-corrected chi connectivity index (χ0v) is 16.3. The van der Waals surface area contributed by atoms with Gasteiger partial charge < -0.3 is 15.1 Å². The molecule has 0 saturated carbocycles. The number of hydrogen-bond acceptors (Lipinski definition) is 3. The largest absolute Gasteiger partial charge is 0.480 e. The van der Waals surface area contributed by atoms with Crippen LogP contribution in [0.3, 0.4) is 0 Å². The van der Waals surface area contributed by atoms with Crippen LogP contribution >= 0.6 is 0 Å². The molecule has 4 aromatic rings. The van der Waals surface area contributed by atoms with Crippen LogP contribution in [-0.4, -0.2) is 35.2 Å². The maximum Gasteiger partial charge on any atom is 0.323 e. The highest BCUT2D eigenvalue weighted by atomic mass is 16.4. The number of aliphatic carboxylic acids is 2. The lowest BCUT2D eigenvalue weighted by Crippen LogP contribution is -2.34. The second-order valence-corrected chi connectivity index (χ2v) is 7.28. The lowest BCUT2D eigenvalue weighted by atomic mass is 9.92. The summed E-state index contributed by atoms with van der Waals surface area (Å²) in [6.07, 6.45) is 0.722. The first kappa shape index (κ1) is 19.5. The molecule has 0 aliphatic heterocycles. The Balaban J connectivity index is 1.70. The summed E-state index contributed by atoms with van der Waals surface area (Å²) in [4.78, 5) is 23.5. The molecule has 150 valence electrons. The average Bonchev–Trinajstić information content (AvgIpc) is 2.73. The zero-order chi connectivity index (χ0) is 21.1. The summed E-state index contributed by atoms with van der Waals surface area (Å²) in [5.74, 6) is -2.13. The van der Waals surface area contributed by atoms with Crippen molar-refractivity contribution < 1.29 is 19.8 Å². The van der Waals surface area contributed by atoms with Crippen molar-refractivity contribution in [2.75, 3.05) is 18.0 Å². The third-order valence-corrected chi connectivity index (χ3v) is 5.22. The molecule has 5 nitrogen and oxygen atoms in total. The fourth-order valence-corrected chi connectivity index (χ4v) is 3.89. The summed E-state index contributed by atoms with van der Waals surface area (Å²) in [6, 6.07) is 26.3. The highest BCUT2D eigenvalue weighted by Crippen LogP contribution is 2.30. The van der Waals surface area contributed by atoms with Gasteiger partial charge in [0.2, 0.25) is 0 Å². The van der Waals surface area contributed by atoms with E-state index < -0.39 is 11.9 Å². The number of rotatable bonds is 7. The van der Waals surface area contributed by atoms with E-state index in [9.17, 15) is 9.59 Å². The van der Waals surface area contributed by atoms with Gasteiger partial charge in [0, 0.05) is 5.69 Å². The Labute approximate surface area is 173 Å². The molecular formula is C25H21NO4. The van der Waals surface area contributed by atoms with Gasteiger partial charge in [0.1, 0.15) is 13.1 Å². The fraction of sp³-hybridized carbons (Fsp3) is 0.120. The third kappa shape index (κ3) is 4.10. The van der Waals surface area contributed by atoms with Gasteiger partial charge in [-0.2, -0.15) is 0 Å². The highest BCUT2D eigenvalue weighted by molar-refractivity contribution is 6.02. The van der Waals surface area contributed by atoms with E-state index in [0.717, 1.165) is 12.0 Å². The first-order chi connectivity index (χ1) is 14.5. The molecule has 4 aromatic carbocycles. The van der Waals surface area contributed by atoms with Gasteiger partial charge >= 0.3 is 11.9 Å². The van der Waals surface area contributed by atoms with Gasteiger partial charge in [-0.25, -0.2) is 0 Å². The minimum absolute atomic E-state index is 0.362. The summed E-state index contributed by atoms with van der Waals surface area (Å²) in [7, 11) is 0. The molecule has 0 saturated heterocycles. The van der Waals surface area contributed by atoms with Crippen molar-refractivity contribution in [3.05, 3.63) is 90.0 Å². The molecule has 0 amide bonds. The van der Waals surface area contributed by atoms with Crippen LogP contribution in [0.1, 0.15) is 11.1 Å². The van der Waals surface area contributed by atoms with Gasteiger partial charge in [0.05, 0.1) is 0 Å². The predicted octanol–water partition coefficient (Wildman–Crippen LogP) is 4.56. The lowest BCUT2D eigenvalue weighted by molar-refractivity contribution is -0.136. The Hall–Kier alpha value is -3.86. The second-order valence-electron chi connectivity index (χ2n) is 7.28. The molecule has 30 heavy (non-hydrogen) atoms. The second kappa shape index (κ2) is 8.25. The van der Waals surface area contributed by atoms with Crippen LogP contribution in [0.2, 0.25) is 0 Å². The Kier molecular flexibility index (Phi) is 5.35. The van der Waals surface area contributed by atoms with E-state index in [1.165, 1.54) is 32.0 Å². The summed E-state index contributed by atoms with van der Waals surface area (Å²) in [5.41, 5.74) is 2.89. The normalized spacial score (nSPS) is 10.9. The van der Waals surface area contributed by atoms with Crippen molar-refractivity contribution in [1.29, 1.82) is 0 Å². The lowest BCUT2D eigenvalue weighted by Gasteiger charge is -2.21. The first-order valence-electron chi connectivity index (χ1n) is 9.68. The van der Waals surface area contributed by atoms with Crippen molar-refractivity contribution in [2.45, 2.75) is 6.42 Å². The van der Waals surface area contributed by atoms with Crippen LogP contribution < -0.4 is 4.90 Å². The summed E-state index contributed by atoms with van der Waals surface area (Å²) < 4.78 is 0. The van der Waals surface area contributed by atoms with Gasteiger partial charge in [0.25, 0.3) is 0 Å². The Morgan fingerprint density at radius 3 is 1.70 bits per heavy atom. The molecule has 0 spiro atoms. The number of fused-ring (bicyclic) bond motifs is 2. The van der Waals surface area contributed by atoms with Crippen LogP contribution in [0.5, 0.6) is 0 Å². The van der Waals surface area contributed by atoms with Gasteiger partial charge in [-0.05, 0) is 57.3 Å². The van der Waals surface area contributed by atoms with Crippen LogP contribution in [-0.2, 0) is 16.0 Å². The van der Waals surface area contributed by atoms with E-state index in [4.69, 9.17) is 10.2 Å². The van der Waals surface area contributed by atoms with E-state index in [-0.39, 0.29) is 13.1 Å². The molecule has 0 aromatic heterocycles. The van der Waals surface area contributed by atoms with E-state index in [1.807, 2.05) is 36.4 Å². The standard InChI is InChI=1S/C25H21NO4/c27-24(28)15-26(16-25(29)30)20-11-9-17(10-12-20)13-23-21-7-3-1-5-18(21)14-19-6-2-4-8-22(19)23/h1-12,14H,13,15-16H2,(H,27,28)(H,29,30). The van der Waals surface area contributed by atoms with E-state index in [1.54, 1.807) is 12.1 Å². The van der Waals surface area contributed by atoms with E-state index >= 15 is 0 Å². The summed E-state index contributed by atoms with van der Waals surface area (Å²) >= 11 is 0. The molecule has 2 N–H and O–H groups in total. The molecule has 4 rings (SSSR count). The van der Waals surface area contributed by atoms with Crippen LogP contribution in [0.15, 0.2) is 78.9 Å². The van der Waals surface area contributed by atoms with Crippen molar-refractivity contribution in [3.8, 4) is 0 Å². The van der Waals surface area contributed by atoms with Gasteiger partial charge in [-0.1, -0.05) is 60.7 Å². The molecule has 0 fully saturated rings. The first-order valence-corrected chi connectivity index (χ1v) is 9.68. The highest BCUT2D eigenvalue weighted by Gasteiger charge is 2.15. The maximum atomic E-state index is 11.1. The smallest absolute Gasteiger partial charge is 0.323 e. The Bertz CT molecular complexity index is 1160. The monoisotopic (exact) mass is 399 g/mol. The van der Waals surface area contributed by atoms with E-state index in [0.29, 0.717) is 5.69 Å². The molecule has 0 aliphatic rings. The topological polar surface area (TPSA) is 77.8 Å². The van der Waals surface area contributed by atoms with Crippen molar-refractivity contribution in [1.82, 2.24) is 0 Å². The molecule has 0 bridgehead atoms. The van der Waals surface area contributed by atoms with Crippen molar-refractivity contribution in [2.24, 2.45) is 0 Å². The fourth-order valence-electron chi connectivity index (χ4n) is 3.89.